The molecule has 232 valence electrons. The average molecular weight is 593 g/mol. The van der Waals surface area contributed by atoms with Crippen LogP contribution in [-0.2, 0) is 27.4 Å². The number of hydrogen-bond donors (Lipinski definition) is 0. The number of anilines is 1. The molecule has 0 aliphatic carbocycles. The number of benzene rings is 2. The van der Waals surface area contributed by atoms with Crippen LogP contribution in [0.2, 0.25) is 0 Å². The van der Waals surface area contributed by atoms with Gasteiger partial charge in [0, 0.05) is 68.7 Å². The van der Waals surface area contributed by atoms with Crippen molar-refractivity contribution in [2.45, 2.75) is 51.8 Å². The van der Waals surface area contributed by atoms with Gasteiger partial charge in [-0.3, -0.25) is 9.69 Å². The molecule has 1 atom stereocenters. The molecule has 0 saturated carbocycles. The molecular formula is C33H44N4O6. The number of fused-ring (bicyclic) bond motifs is 1. The van der Waals surface area contributed by atoms with Gasteiger partial charge in [0.25, 0.3) is 0 Å². The van der Waals surface area contributed by atoms with Crippen LogP contribution in [0.1, 0.15) is 38.2 Å². The number of rotatable bonds is 13. The number of methoxy groups -OCH3 is 2. The highest BCUT2D eigenvalue weighted by molar-refractivity contribution is 5.93. The first-order chi connectivity index (χ1) is 21.0. The topological polar surface area (TPSA) is 85.7 Å². The molecule has 3 amide bonds. The fraction of sp³-hybridized carbons (Fsp3) is 0.515. The summed E-state index contributed by atoms with van der Waals surface area (Å²) in [6, 6.07) is 13.8. The Morgan fingerprint density at radius 3 is 2.74 bits per heavy atom. The Kier molecular flexibility index (Phi) is 10.4. The van der Waals surface area contributed by atoms with Crippen molar-refractivity contribution in [1.29, 1.82) is 0 Å². The van der Waals surface area contributed by atoms with Gasteiger partial charge in [0.05, 0.1) is 33.0 Å². The standard InChI is InChI=1S/C33H44N4O6/c1-4-5-6-18-43-31-20-26(11-12-30(31)41-3)37-15-8-14-36(33(37)39)21-25-9-7-10-29-28(25)13-16-34(29)23-32(38)35-17-19-42-27(22-35)24-40-2/h7,9-13,16,20,27H,4-6,8,14-15,17-19,21-24H2,1-3H3. The maximum atomic E-state index is 13.7. The fourth-order valence-corrected chi connectivity index (χ4v) is 5.90. The third kappa shape index (κ3) is 7.25. The lowest BCUT2D eigenvalue weighted by Crippen LogP contribution is -2.49. The van der Waals surface area contributed by atoms with Gasteiger partial charge in [-0.05, 0) is 42.7 Å². The molecule has 10 heteroatoms. The Balaban J connectivity index is 1.27. The van der Waals surface area contributed by atoms with E-state index in [1.54, 1.807) is 14.2 Å². The Morgan fingerprint density at radius 2 is 1.93 bits per heavy atom. The first-order valence-electron chi connectivity index (χ1n) is 15.3. The van der Waals surface area contributed by atoms with Crippen molar-refractivity contribution in [3.63, 3.8) is 0 Å². The summed E-state index contributed by atoms with van der Waals surface area (Å²) in [5.41, 5.74) is 2.84. The van der Waals surface area contributed by atoms with Crippen LogP contribution in [0.5, 0.6) is 11.5 Å². The van der Waals surface area contributed by atoms with Crippen molar-refractivity contribution in [3.05, 3.63) is 54.2 Å². The quantitative estimate of drug-likeness (QED) is 0.262. The number of carbonyl (C=O) groups is 2. The highest BCUT2D eigenvalue weighted by atomic mass is 16.5. The fourth-order valence-electron chi connectivity index (χ4n) is 5.90. The second kappa shape index (κ2) is 14.6. The van der Waals surface area contributed by atoms with Crippen molar-refractivity contribution in [2.75, 3.05) is 65.1 Å². The van der Waals surface area contributed by atoms with E-state index < -0.39 is 0 Å². The predicted molar refractivity (Wildman–Crippen MR) is 166 cm³/mol. The summed E-state index contributed by atoms with van der Waals surface area (Å²) in [5.74, 6) is 1.38. The smallest absolute Gasteiger partial charge is 0.324 e. The maximum Gasteiger partial charge on any atom is 0.324 e. The molecule has 2 aromatic carbocycles. The molecule has 0 radical (unpaired) electrons. The van der Waals surface area contributed by atoms with Gasteiger partial charge in [0.1, 0.15) is 6.54 Å². The summed E-state index contributed by atoms with van der Waals surface area (Å²) in [4.78, 5) is 32.5. The number of ether oxygens (including phenoxy) is 4. The second-order valence-corrected chi connectivity index (χ2v) is 11.2. The Labute approximate surface area is 254 Å². The van der Waals surface area contributed by atoms with Crippen molar-refractivity contribution in [2.24, 2.45) is 0 Å². The first-order valence-corrected chi connectivity index (χ1v) is 15.3. The molecule has 0 spiro atoms. The zero-order valence-electron chi connectivity index (χ0n) is 25.6. The van der Waals surface area contributed by atoms with E-state index in [-0.39, 0.29) is 24.6 Å². The molecule has 2 aliphatic heterocycles. The lowest BCUT2D eigenvalue weighted by Gasteiger charge is -2.36. The molecule has 3 aromatic rings. The highest BCUT2D eigenvalue weighted by Gasteiger charge is 2.29. The number of amides is 3. The number of carbonyl (C=O) groups excluding carboxylic acids is 2. The molecule has 2 saturated heterocycles. The number of hydrogen-bond acceptors (Lipinski definition) is 6. The van der Waals surface area contributed by atoms with Crippen LogP contribution in [0.3, 0.4) is 0 Å². The third-order valence-electron chi connectivity index (χ3n) is 8.19. The number of aromatic nitrogens is 1. The minimum Gasteiger partial charge on any atom is -0.493 e. The average Bonchev–Trinajstić information content (AvgIpc) is 3.44. The zero-order chi connectivity index (χ0) is 30.2. The van der Waals surface area contributed by atoms with Gasteiger partial charge in [-0.1, -0.05) is 31.9 Å². The van der Waals surface area contributed by atoms with E-state index in [0.717, 1.165) is 47.8 Å². The summed E-state index contributed by atoms with van der Waals surface area (Å²) in [6.07, 6.45) is 5.93. The number of morpholine rings is 1. The van der Waals surface area contributed by atoms with E-state index in [2.05, 4.69) is 13.0 Å². The Bertz CT molecular complexity index is 1390. The van der Waals surface area contributed by atoms with E-state index in [9.17, 15) is 9.59 Å². The SMILES string of the molecule is CCCCCOc1cc(N2CCCN(Cc3cccc4c3ccn4CC(=O)N3CCOC(COC)C3)C2=O)ccc1OC. The summed E-state index contributed by atoms with van der Waals surface area (Å²) >= 11 is 0. The van der Waals surface area contributed by atoms with Gasteiger partial charge in [-0.15, -0.1) is 0 Å². The van der Waals surface area contributed by atoms with E-state index in [1.807, 2.05) is 61.9 Å². The number of urea groups is 1. The Morgan fingerprint density at radius 1 is 1.05 bits per heavy atom. The summed E-state index contributed by atoms with van der Waals surface area (Å²) in [7, 11) is 3.27. The minimum atomic E-state index is -0.0971. The molecule has 1 unspecified atom stereocenters. The van der Waals surface area contributed by atoms with Crippen molar-refractivity contribution >= 4 is 28.5 Å². The molecule has 0 N–H and O–H groups in total. The van der Waals surface area contributed by atoms with Crippen molar-refractivity contribution < 1.29 is 28.5 Å². The van der Waals surface area contributed by atoms with E-state index >= 15 is 0 Å². The van der Waals surface area contributed by atoms with Crippen LogP contribution in [0.25, 0.3) is 10.9 Å². The Hall–Kier alpha value is -3.76. The van der Waals surface area contributed by atoms with Gasteiger partial charge < -0.3 is 33.3 Å². The van der Waals surface area contributed by atoms with E-state index in [0.29, 0.717) is 64.0 Å². The van der Waals surface area contributed by atoms with Gasteiger partial charge in [0.2, 0.25) is 5.91 Å². The van der Waals surface area contributed by atoms with Crippen LogP contribution in [-0.4, -0.2) is 92.6 Å². The van der Waals surface area contributed by atoms with Crippen LogP contribution < -0.4 is 14.4 Å². The predicted octanol–water partition coefficient (Wildman–Crippen LogP) is 4.93. The van der Waals surface area contributed by atoms with E-state index in [1.165, 1.54) is 0 Å². The molecule has 1 aromatic heterocycles. The van der Waals surface area contributed by atoms with Gasteiger partial charge >= 0.3 is 6.03 Å². The highest BCUT2D eigenvalue weighted by Crippen LogP contribution is 2.34. The number of nitrogens with zero attached hydrogens (tertiary/aromatic N) is 4. The molecule has 2 aliphatic rings. The van der Waals surface area contributed by atoms with Crippen molar-refractivity contribution in [1.82, 2.24) is 14.4 Å². The summed E-state index contributed by atoms with van der Waals surface area (Å²) in [5, 5.41) is 1.05. The lowest BCUT2D eigenvalue weighted by atomic mass is 10.1. The largest absolute Gasteiger partial charge is 0.493 e. The third-order valence-corrected chi connectivity index (χ3v) is 8.19. The molecule has 2 fully saturated rings. The lowest BCUT2D eigenvalue weighted by molar-refractivity contribution is -0.141. The van der Waals surface area contributed by atoms with E-state index in [4.69, 9.17) is 18.9 Å². The number of unbranched alkanes of at least 4 members (excludes halogenated alkanes) is 2. The maximum absolute atomic E-state index is 13.7. The molecular weight excluding hydrogens is 548 g/mol. The monoisotopic (exact) mass is 592 g/mol. The molecule has 43 heavy (non-hydrogen) atoms. The zero-order valence-corrected chi connectivity index (χ0v) is 25.6. The first kappa shape index (κ1) is 30.7. The second-order valence-electron chi connectivity index (χ2n) is 11.2. The van der Waals surface area contributed by atoms with Crippen molar-refractivity contribution in [3.8, 4) is 11.5 Å². The van der Waals surface area contributed by atoms with Gasteiger partial charge in [-0.25, -0.2) is 4.79 Å². The van der Waals surface area contributed by atoms with Crippen LogP contribution in [0, 0.1) is 0 Å². The normalized spacial score (nSPS) is 17.5. The van der Waals surface area contributed by atoms with Crippen LogP contribution in [0.4, 0.5) is 10.5 Å². The molecule has 0 bridgehead atoms. The van der Waals surface area contributed by atoms with Gasteiger partial charge in [0.15, 0.2) is 11.5 Å². The molecule has 3 heterocycles. The molecule has 10 nitrogen and oxygen atoms in total. The van der Waals surface area contributed by atoms with Crippen LogP contribution >= 0.6 is 0 Å². The summed E-state index contributed by atoms with van der Waals surface area (Å²) in [6.45, 7) is 6.95. The van der Waals surface area contributed by atoms with Gasteiger partial charge in [-0.2, -0.15) is 0 Å². The van der Waals surface area contributed by atoms with Crippen LogP contribution in [0.15, 0.2) is 48.7 Å². The molecule has 5 rings (SSSR count). The minimum absolute atomic E-state index is 0.0297. The summed E-state index contributed by atoms with van der Waals surface area (Å²) < 4.78 is 24.5.